The molecular formula is C19H17Cl2N3O3S2. The van der Waals surface area contributed by atoms with Gasteiger partial charge in [0.25, 0.3) is 0 Å². The minimum absolute atomic E-state index is 0.0933. The Hall–Kier alpha value is -1.97. The number of nitrogen functional groups attached to an aromatic ring is 1. The first-order valence-corrected chi connectivity index (χ1v) is 11.3. The highest BCUT2D eigenvalue weighted by Crippen LogP contribution is 2.34. The zero-order chi connectivity index (χ0) is 21.0. The lowest BCUT2D eigenvalue weighted by atomic mass is 10.1. The Morgan fingerprint density at radius 1 is 1.21 bits per heavy atom. The van der Waals surface area contributed by atoms with Crippen molar-refractivity contribution in [3.8, 4) is 0 Å². The second-order valence-corrected chi connectivity index (χ2v) is 9.24. The predicted molar refractivity (Wildman–Crippen MR) is 119 cm³/mol. The number of carbonyl (C=O) groups is 1. The number of thiazole rings is 1. The number of nitrogens with two attached hydrogens (primary N) is 1. The number of anilines is 3. The molecule has 29 heavy (non-hydrogen) atoms. The van der Waals surface area contributed by atoms with Crippen LogP contribution in [0, 0.1) is 0 Å². The average Bonchev–Trinajstić information content (AvgIpc) is 3.06. The Balaban J connectivity index is 1.77. The number of aromatic nitrogens is 1. The predicted octanol–water partition coefficient (Wildman–Crippen LogP) is 4.76. The molecule has 0 spiro atoms. The van der Waals surface area contributed by atoms with Crippen LogP contribution >= 0.6 is 34.5 Å². The Labute approximate surface area is 184 Å². The van der Waals surface area contributed by atoms with Crippen molar-refractivity contribution >= 4 is 67.8 Å². The molecule has 0 aliphatic heterocycles. The van der Waals surface area contributed by atoms with Crippen molar-refractivity contribution < 1.29 is 13.7 Å². The molecule has 6 nitrogen and oxygen atoms in total. The number of ketones is 1. The normalized spacial score (nSPS) is 12.0. The van der Waals surface area contributed by atoms with Crippen LogP contribution in [0.4, 0.5) is 16.6 Å². The summed E-state index contributed by atoms with van der Waals surface area (Å²) in [5.41, 5.74) is 6.86. The summed E-state index contributed by atoms with van der Waals surface area (Å²) in [5, 5.41) is 4.05. The monoisotopic (exact) mass is 469 g/mol. The van der Waals surface area contributed by atoms with Crippen molar-refractivity contribution in [3.05, 3.63) is 63.0 Å². The molecule has 10 heteroatoms. The van der Waals surface area contributed by atoms with Crippen molar-refractivity contribution in [2.75, 3.05) is 30.5 Å². The Kier molecular flexibility index (Phi) is 7.26. The number of carbonyl (C=O) groups excluding carboxylic acids is 1. The molecule has 0 saturated heterocycles. The number of hydrogen-bond acceptors (Lipinski definition) is 7. The number of ether oxygens (including phenoxy) is 1. The molecule has 2 aromatic carbocycles. The molecule has 0 bridgehead atoms. The first kappa shape index (κ1) is 21.7. The van der Waals surface area contributed by atoms with Gasteiger partial charge in [0, 0.05) is 17.7 Å². The fourth-order valence-electron chi connectivity index (χ4n) is 2.47. The summed E-state index contributed by atoms with van der Waals surface area (Å²) < 4.78 is 17.1. The van der Waals surface area contributed by atoms with E-state index in [0.29, 0.717) is 22.4 Å². The van der Waals surface area contributed by atoms with E-state index in [-0.39, 0.29) is 32.1 Å². The van der Waals surface area contributed by atoms with Crippen molar-refractivity contribution in [1.29, 1.82) is 0 Å². The minimum atomic E-state index is -1.12. The summed E-state index contributed by atoms with van der Waals surface area (Å²) in [6, 6.07) is 11.9. The van der Waals surface area contributed by atoms with Gasteiger partial charge in [0.15, 0.2) is 5.13 Å². The quantitative estimate of drug-likeness (QED) is 0.461. The number of nitrogens with one attached hydrogen (secondary N) is 1. The van der Waals surface area contributed by atoms with Crippen LogP contribution in [0.25, 0.3) is 0 Å². The first-order valence-electron chi connectivity index (χ1n) is 8.40. The number of halogens is 2. The van der Waals surface area contributed by atoms with Crippen molar-refractivity contribution in [2.45, 2.75) is 4.90 Å². The zero-order valence-corrected chi connectivity index (χ0v) is 18.4. The maximum absolute atomic E-state index is 12.8. The Bertz CT molecular complexity index is 1040. The van der Waals surface area contributed by atoms with Gasteiger partial charge in [-0.05, 0) is 36.4 Å². The molecule has 3 rings (SSSR count). The Morgan fingerprint density at radius 2 is 1.86 bits per heavy atom. The van der Waals surface area contributed by atoms with Crippen molar-refractivity contribution in [1.82, 2.24) is 4.98 Å². The molecule has 0 aliphatic rings. The maximum Gasteiger partial charge on any atom is 0.209 e. The second-order valence-electron chi connectivity index (χ2n) is 5.85. The molecule has 1 heterocycles. The fourth-order valence-corrected chi connectivity index (χ4v) is 4.88. The van der Waals surface area contributed by atoms with Crippen LogP contribution < -0.4 is 11.1 Å². The Morgan fingerprint density at radius 3 is 2.48 bits per heavy atom. The van der Waals surface area contributed by atoms with Gasteiger partial charge >= 0.3 is 0 Å². The molecule has 0 fully saturated rings. The molecule has 152 valence electrons. The highest BCUT2D eigenvalue weighted by atomic mass is 35.5. The van der Waals surface area contributed by atoms with E-state index in [2.05, 4.69) is 10.3 Å². The lowest BCUT2D eigenvalue weighted by molar-refractivity contribution is 0.104. The van der Waals surface area contributed by atoms with Crippen LogP contribution in [0.3, 0.4) is 0 Å². The van der Waals surface area contributed by atoms with Gasteiger partial charge in [0.1, 0.15) is 10.7 Å². The third-order valence-corrected chi connectivity index (χ3v) is 6.84. The number of methoxy groups -OCH3 is 1. The van der Waals surface area contributed by atoms with E-state index < -0.39 is 10.8 Å². The number of hydrogen-bond donors (Lipinski definition) is 2. The summed E-state index contributed by atoms with van der Waals surface area (Å²) in [6.07, 6.45) is 0. The summed E-state index contributed by atoms with van der Waals surface area (Å²) in [6.45, 7) is 0.428. The van der Waals surface area contributed by atoms with E-state index >= 15 is 0 Å². The van der Waals surface area contributed by atoms with Gasteiger partial charge in [-0.15, -0.1) is 0 Å². The second kappa shape index (κ2) is 9.69. The lowest BCUT2D eigenvalue weighted by Gasteiger charge is -2.05. The summed E-state index contributed by atoms with van der Waals surface area (Å²) in [4.78, 5) is 18.0. The standard InChI is InChI=1S/C19H17Cl2N3O3S2/c1-27-9-10-29(26)12-7-5-11(6-8-12)23-19-24-18(22)17(28-19)16(25)15-13(20)3-2-4-14(15)21/h2-8H,9-10,22H2,1H3,(H,23,24). The van der Waals surface area contributed by atoms with Gasteiger partial charge in [-0.2, -0.15) is 0 Å². The molecule has 1 unspecified atom stereocenters. The van der Waals surface area contributed by atoms with Gasteiger partial charge in [0.05, 0.1) is 38.8 Å². The van der Waals surface area contributed by atoms with E-state index in [9.17, 15) is 9.00 Å². The molecular weight excluding hydrogens is 453 g/mol. The maximum atomic E-state index is 12.8. The largest absolute Gasteiger partial charge is 0.384 e. The zero-order valence-electron chi connectivity index (χ0n) is 15.3. The summed E-state index contributed by atoms with van der Waals surface area (Å²) >= 11 is 13.4. The van der Waals surface area contributed by atoms with Crippen LogP contribution in [0.15, 0.2) is 47.4 Å². The first-order chi connectivity index (χ1) is 13.9. The molecule has 1 atom stereocenters. The topological polar surface area (TPSA) is 94.3 Å². The van der Waals surface area contributed by atoms with Gasteiger partial charge < -0.3 is 15.8 Å². The SMILES string of the molecule is COCCS(=O)c1ccc(Nc2nc(N)c(C(=O)c3c(Cl)cccc3Cl)s2)cc1. The molecule has 0 radical (unpaired) electrons. The molecule has 3 aromatic rings. The van der Waals surface area contributed by atoms with E-state index in [1.165, 1.54) is 0 Å². The molecule has 0 saturated carbocycles. The highest BCUT2D eigenvalue weighted by Gasteiger charge is 2.22. The van der Waals surface area contributed by atoms with Crippen LogP contribution in [0.5, 0.6) is 0 Å². The van der Waals surface area contributed by atoms with Crippen LogP contribution in [0.1, 0.15) is 15.2 Å². The number of benzene rings is 2. The van der Waals surface area contributed by atoms with Gasteiger partial charge in [-0.3, -0.25) is 9.00 Å². The van der Waals surface area contributed by atoms with Crippen LogP contribution in [-0.2, 0) is 15.5 Å². The summed E-state index contributed by atoms with van der Waals surface area (Å²) in [5.74, 6) is 0.144. The van der Waals surface area contributed by atoms with E-state index in [0.717, 1.165) is 17.0 Å². The summed E-state index contributed by atoms with van der Waals surface area (Å²) in [7, 11) is 0.447. The van der Waals surface area contributed by atoms with Crippen molar-refractivity contribution in [2.24, 2.45) is 0 Å². The highest BCUT2D eigenvalue weighted by molar-refractivity contribution is 7.85. The average molecular weight is 470 g/mol. The minimum Gasteiger partial charge on any atom is -0.384 e. The molecule has 0 amide bonds. The smallest absolute Gasteiger partial charge is 0.209 e. The van der Waals surface area contributed by atoms with Gasteiger partial charge in [-0.1, -0.05) is 40.6 Å². The third-order valence-electron chi connectivity index (χ3n) is 3.89. The molecule has 3 N–H and O–H groups in total. The van der Waals surface area contributed by atoms with E-state index in [4.69, 9.17) is 33.7 Å². The molecule has 1 aromatic heterocycles. The van der Waals surface area contributed by atoms with Crippen LogP contribution in [0.2, 0.25) is 10.0 Å². The fraction of sp³-hybridized carbons (Fsp3) is 0.158. The molecule has 0 aliphatic carbocycles. The van der Waals surface area contributed by atoms with Crippen LogP contribution in [-0.4, -0.2) is 34.4 Å². The van der Waals surface area contributed by atoms with Crippen molar-refractivity contribution in [3.63, 3.8) is 0 Å². The number of nitrogens with zero attached hydrogens (tertiary/aromatic N) is 1. The lowest BCUT2D eigenvalue weighted by Crippen LogP contribution is -2.04. The number of rotatable bonds is 8. The van der Waals surface area contributed by atoms with E-state index in [1.54, 1.807) is 49.6 Å². The van der Waals surface area contributed by atoms with E-state index in [1.807, 2.05) is 0 Å². The van der Waals surface area contributed by atoms with Gasteiger partial charge in [-0.25, -0.2) is 4.98 Å². The third kappa shape index (κ3) is 5.15. The van der Waals surface area contributed by atoms with Gasteiger partial charge in [0.2, 0.25) is 5.78 Å².